The Morgan fingerprint density at radius 2 is 2.07 bits per heavy atom. The molecule has 0 aromatic rings. The Labute approximate surface area is 91.0 Å². The van der Waals surface area contributed by atoms with Gasteiger partial charge >= 0.3 is 0 Å². The number of hydrogen-bond acceptors (Lipinski definition) is 5. The number of ether oxygens (including phenoxy) is 3. The van der Waals surface area contributed by atoms with Crippen molar-refractivity contribution >= 4 is 0 Å². The SMILES string of the molecule is CC(CCN)CC(N)COC1OCCO1. The van der Waals surface area contributed by atoms with Crippen LogP contribution < -0.4 is 11.5 Å². The molecule has 0 bridgehead atoms. The second kappa shape index (κ2) is 7.14. The molecule has 15 heavy (non-hydrogen) atoms. The summed E-state index contributed by atoms with van der Waals surface area (Å²) in [6.45, 7) is 4.02. The third-order valence-corrected chi connectivity index (χ3v) is 2.40. The molecule has 2 atom stereocenters. The van der Waals surface area contributed by atoms with E-state index in [1.807, 2.05) is 0 Å². The van der Waals surface area contributed by atoms with Gasteiger partial charge in [0.15, 0.2) is 0 Å². The van der Waals surface area contributed by atoms with Crippen molar-refractivity contribution in [2.45, 2.75) is 32.3 Å². The third kappa shape index (κ3) is 5.44. The molecule has 0 spiro atoms. The molecule has 1 heterocycles. The van der Waals surface area contributed by atoms with Crippen molar-refractivity contribution in [2.24, 2.45) is 17.4 Å². The van der Waals surface area contributed by atoms with Gasteiger partial charge in [-0.3, -0.25) is 0 Å². The average molecular weight is 218 g/mol. The Bertz CT molecular complexity index is 163. The van der Waals surface area contributed by atoms with Gasteiger partial charge in [0.2, 0.25) is 0 Å². The molecule has 1 fully saturated rings. The summed E-state index contributed by atoms with van der Waals surface area (Å²) in [6, 6.07) is 0.0272. The van der Waals surface area contributed by atoms with Crippen LogP contribution in [-0.4, -0.2) is 38.9 Å². The lowest BCUT2D eigenvalue weighted by Gasteiger charge is -2.18. The topological polar surface area (TPSA) is 79.7 Å². The van der Waals surface area contributed by atoms with Gasteiger partial charge in [-0.2, -0.15) is 0 Å². The lowest BCUT2D eigenvalue weighted by atomic mass is 9.99. The smallest absolute Gasteiger partial charge is 0.271 e. The van der Waals surface area contributed by atoms with Gasteiger partial charge in [0.05, 0.1) is 19.8 Å². The summed E-state index contributed by atoms with van der Waals surface area (Å²) >= 11 is 0. The predicted octanol–water partition coefficient (Wildman–Crippen LogP) is 0.0357. The van der Waals surface area contributed by atoms with Crippen molar-refractivity contribution in [3.63, 3.8) is 0 Å². The van der Waals surface area contributed by atoms with E-state index in [1.165, 1.54) is 0 Å². The summed E-state index contributed by atoms with van der Waals surface area (Å²) in [5.74, 6) is 0.541. The average Bonchev–Trinajstić information content (AvgIpc) is 2.67. The van der Waals surface area contributed by atoms with Gasteiger partial charge in [-0.05, 0) is 25.3 Å². The highest BCUT2D eigenvalue weighted by molar-refractivity contribution is 4.65. The highest BCUT2D eigenvalue weighted by atomic mass is 16.9. The standard InChI is InChI=1S/C10H22N2O3/c1-8(2-3-11)6-9(12)7-15-10-13-4-5-14-10/h8-10H,2-7,11-12H2,1H3. The molecule has 4 N–H and O–H groups in total. The van der Waals surface area contributed by atoms with Gasteiger partial charge in [0.1, 0.15) is 0 Å². The number of rotatable bonds is 7. The first-order chi connectivity index (χ1) is 7.22. The number of nitrogens with two attached hydrogens (primary N) is 2. The van der Waals surface area contributed by atoms with Crippen molar-refractivity contribution in [1.29, 1.82) is 0 Å². The fraction of sp³-hybridized carbons (Fsp3) is 1.00. The van der Waals surface area contributed by atoms with Crippen LogP contribution in [0, 0.1) is 5.92 Å². The van der Waals surface area contributed by atoms with Crippen LogP contribution in [0.2, 0.25) is 0 Å². The van der Waals surface area contributed by atoms with Crippen LogP contribution in [0.15, 0.2) is 0 Å². The zero-order valence-electron chi connectivity index (χ0n) is 9.35. The van der Waals surface area contributed by atoms with Gasteiger partial charge in [0, 0.05) is 6.04 Å². The molecule has 2 unspecified atom stereocenters. The molecule has 5 heteroatoms. The molecule has 0 aliphatic carbocycles. The Morgan fingerprint density at radius 1 is 1.40 bits per heavy atom. The van der Waals surface area contributed by atoms with Crippen LogP contribution in [-0.2, 0) is 14.2 Å². The fourth-order valence-electron chi connectivity index (χ4n) is 1.62. The summed E-state index contributed by atoms with van der Waals surface area (Å²) in [6.07, 6.45) is 1.92. The van der Waals surface area contributed by atoms with E-state index in [2.05, 4.69) is 6.92 Å². The summed E-state index contributed by atoms with van der Waals surface area (Å²) in [5, 5.41) is 0. The summed E-state index contributed by atoms with van der Waals surface area (Å²) < 4.78 is 15.6. The zero-order chi connectivity index (χ0) is 11.1. The first-order valence-corrected chi connectivity index (χ1v) is 5.53. The van der Waals surface area contributed by atoms with Gasteiger partial charge in [-0.25, -0.2) is 0 Å². The quantitative estimate of drug-likeness (QED) is 0.630. The van der Waals surface area contributed by atoms with Gasteiger partial charge in [0.25, 0.3) is 6.48 Å². The molecule has 5 nitrogen and oxygen atoms in total. The van der Waals surface area contributed by atoms with Crippen molar-refractivity contribution in [3.05, 3.63) is 0 Å². The molecule has 0 amide bonds. The lowest BCUT2D eigenvalue weighted by Crippen LogP contribution is -2.31. The summed E-state index contributed by atoms with van der Waals surface area (Å²) in [5.41, 5.74) is 11.4. The lowest BCUT2D eigenvalue weighted by molar-refractivity contribution is -0.231. The molecule has 0 radical (unpaired) electrons. The monoisotopic (exact) mass is 218 g/mol. The van der Waals surface area contributed by atoms with Gasteiger partial charge in [-0.1, -0.05) is 6.92 Å². The molecule has 1 rings (SSSR count). The largest absolute Gasteiger partial charge is 0.330 e. The van der Waals surface area contributed by atoms with Crippen LogP contribution in [0.25, 0.3) is 0 Å². The van der Waals surface area contributed by atoms with Crippen LogP contribution >= 0.6 is 0 Å². The van der Waals surface area contributed by atoms with Crippen LogP contribution in [0.3, 0.4) is 0 Å². The summed E-state index contributed by atoms with van der Waals surface area (Å²) in [7, 11) is 0. The Kier molecular flexibility index (Phi) is 6.12. The van der Waals surface area contributed by atoms with Crippen molar-refractivity contribution < 1.29 is 14.2 Å². The van der Waals surface area contributed by atoms with E-state index >= 15 is 0 Å². The van der Waals surface area contributed by atoms with Crippen LogP contribution in [0.4, 0.5) is 0 Å². The van der Waals surface area contributed by atoms with Crippen LogP contribution in [0.5, 0.6) is 0 Å². The highest BCUT2D eigenvalue weighted by Gasteiger charge is 2.18. The molecule has 1 aliphatic rings. The van der Waals surface area contributed by atoms with Crippen molar-refractivity contribution in [1.82, 2.24) is 0 Å². The Balaban J connectivity index is 2.04. The molecule has 1 saturated heterocycles. The molecule has 90 valence electrons. The maximum atomic E-state index is 5.91. The minimum absolute atomic E-state index is 0.0272. The maximum absolute atomic E-state index is 5.91. The van der Waals surface area contributed by atoms with E-state index in [0.717, 1.165) is 12.8 Å². The normalized spacial score (nSPS) is 21.8. The molecule has 1 aliphatic heterocycles. The van der Waals surface area contributed by atoms with E-state index in [4.69, 9.17) is 25.7 Å². The molecular weight excluding hydrogens is 196 g/mol. The van der Waals surface area contributed by atoms with E-state index in [-0.39, 0.29) is 6.04 Å². The minimum atomic E-state index is -0.513. The Hall–Kier alpha value is -0.200. The first-order valence-electron chi connectivity index (χ1n) is 5.53. The molecule has 0 saturated carbocycles. The zero-order valence-corrected chi connectivity index (χ0v) is 9.35. The Morgan fingerprint density at radius 3 is 2.67 bits per heavy atom. The maximum Gasteiger partial charge on any atom is 0.271 e. The fourth-order valence-corrected chi connectivity index (χ4v) is 1.62. The van der Waals surface area contributed by atoms with Crippen molar-refractivity contribution in [2.75, 3.05) is 26.4 Å². The molecule has 0 aromatic carbocycles. The molecule has 0 aromatic heterocycles. The minimum Gasteiger partial charge on any atom is -0.330 e. The second-order valence-electron chi connectivity index (χ2n) is 4.04. The highest BCUT2D eigenvalue weighted by Crippen LogP contribution is 2.10. The van der Waals surface area contributed by atoms with Crippen molar-refractivity contribution in [3.8, 4) is 0 Å². The van der Waals surface area contributed by atoms with E-state index in [9.17, 15) is 0 Å². The third-order valence-electron chi connectivity index (χ3n) is 2.40. The van der Waals surface area contributed by atoms with E-state index in [1.54, 1.807) is 0 Å². The van der Waals surface area contributed by atoms with Crippen LogP contribution in [0.1, 0.15) is 19.8 Å². The predicted molar refractivity (Wildman–Crippen MR) is 57.1 cm³/mol. The second-order valence-corrected chi connectivity index (χ2v) is 4.04. The van der Waals surface area contributed by atoms with E-state index in [0.29, 0.717) is 32.3 Å². The van der Waals surface area contributed by atoms with E-state index < -0.39 is 6.48 Å². The number of hydrogen-bond donors (Lipinski definition) is 2. The molecular formula is C10H22N2O3. The van der Waals surface area contributed by atoms with Gasteiger partial charge < -0.3 is 25.7 Å². The summed E-state index contributed by atoms with van der Waals surface area (Å²) in [4.78, 5) is 0. The van der Waals surface area contributed by atoms with Gasteiger partial charge in [-0.15, -0.1) is 0 Å². The first kappa shape index (κ1) is 12.9.